The number of amides is 2. The Morgan fingerprint density at radius 2 is 1.78 bits per heavy atom. The van der Waals surface area contributed by atoms with Crippen LogP contribution in [0, 0.1) is 11.3 Å². The first-order valence-corrected chi connectivity index (χ1v) is 12.7. The average Bonchev–Trinajstić information content (AvgIpc) is 2.86. The van der Waals surface area contributed by atoms with Crippen molar-refractivity contribution >= 4 is 11.8 Å². The first-order valence-electron chi connectivity index (χ1n) is 12.7. The van der Waals surface area contributed by atoms with Crippen molar-refractivity contribution in [2.24, 2.45) is 11.3 Å². The van der Waals surface area contributed by atoms with E-state index in [1.54, 1.807) is 30.6 Å². The second kappa shape index (κ2) is 12.7. The van der Waals surface area contributed by atoms with Crippen LogP contribution in [0.2, 0.25) is 0 Å². The molecule has 1 fully saturated rings. The van der Waals surface area contributed by atoms with Crippen molar-refractivity contribution in [3.63, 3.8) is 0 Å². The van der Waals surface area contributed by atoms with Crippen LogP contribution in [0.3, 0.4) is 0 Å². The summed E-state index contributed by atoms with van der Waals surface area (Å²) >= 11 is 0. The minimum Gasteiger partial charge on any atom is -0.490 e. The van der Waals surface area contributed by atoms with Gasteiger partial charge in [0, 0.05) is 50.1 Å². The minimum atomic E-state index is -0.0628. The number of carbonyl (C=O) groups is 2. The molecule has 0 aliphatic carbocycles. The van der Waals surface area contributed by atoms with Gasteiger partial charge in [0.05, 0.1) is 6.61 Å². The highest BCUT2D eigenvalue weighted by molar-refractivity contribution is 5.95. The van der Waals surface area contributed by atoms with E-state index >= 15 is 0 Å². The minimum absolute atomic E-state index is 0.00226. The topological polar surface area (TPSA) is 84.0 Å². The molecular formula is C28H40N4O4. The Bertz CT molecular complexity index is 1000. The molecule has 8 nitrogen and oxygen atoms in total. The van der Waals surface area contributed by atoms with Crippen LogP contribution >= 0.6 is 0 Å². The van der Waals surface area contributed by atoms with Gasteiger partial charge in [-0.05, 0) is 75.2 Å². The summed E-state index contributed by atoms with van der Waals surface area (Å²) in [5.41, 5.74) is 1.56. The molecule has 8 heteroatoms. The van der Waals surface area contributed by atoms with E-state index < -0.39 is 0 Å². The number of nitrogens with zero attached hydrogens (tertiary/aromatic N) is 3. The molecule has 0 radical (unpaired) electrons. The number of rotatable bonds is 11. The molecule has 2 amide bonds. The Labute approximate surface area is 215 Å². The lowest BCUT2D eigenvalue weighted by Gasteiger charge is -2.33. The normalized spacial score (nSPS) is 14.6. The maximum absolute atomic E-state index is 13.2. The Morgan fingerprint density at radius 3 is 2.42 bits per heavy atom. The summed E-state index contributed by atoms with van der Waals surface area (Å²) in [6, 6.07) is 9.10. The van der Waals surface area contributed by atoms with E-state index in [2.05, 4.69) is 29.0 Å². The van der Waals surface area contributed by atoms with Crippen LogP contribution in [0.25, 0.3) is 0 Å². The molecule has 0 spiro atoms. The molecular weight excluding hydrogens is 456 g/mol. The fourth-order valence-corrected chi connectivity index (χ4v) is 4.58. The van der Waals surface area contributed by atoms with Gasteiger partial charge in [-0.25, -0.2) is 0 Å². The van der Waals surface area contributed by atoms with Crippen LogP contribution in [0.4, 0.5) is 0 Å². The molecule has 1 saturated heterocycles. The highest BCUT2D eigenvalue weighted by Crippen LogP contribution is 2.30. The summed E-state index contributed by atoms with van der Waals surface area (Å²) in [5.74, 6) is 1.11. The largest absolute Gasteiger partial charge is 0.490 e. The molecule has 1 aromatic heterocycles. The number of pyridine rings is 1. The van der Waals surface area contributed by atoms with Crippen molar-refractivity contribution in [3.05, 3.63) is 53.9 Å². The summed E-state index contributed by atoms with van der Waals surface area (Å²) in [6.45, 7) is 9.72. The average molecular weight is 497 g/mol. The van der Waals surface area contributed by atoms with Crippen LogP contribution in [-0.4, -0.2) is 73.5 Å². The maximum Gasteiger partial charge on any atom is 0.253 e. The number of hydrogen-bond acceptors (Lipinski definition) is 6. The summed E-state index contributed by atoms with van der Waals surface area (Å²) < 4.78 is 11.7. The molecule has 36 heavy (non-hydrogen) atoms. The Morgan fingerprint density at radius 1 is 1.08 bits per heavy atom. The van der Waals surface area contributed by atoms with Gasteiger partial charge in [0.2, 0.25) is 5.91 Å². The summed E-state index contributed by atoms with van der Waals surface area (Å²) in [6.07, 6.45) is 4.78. The number of nitrogens with one attached hydrogen (secondary N) is 1. The third-order valence-electron chi connectivity index (χ3n) is 6.27. The van der Waals surface area contributed by atoms with E-state index in [1.165, 1.54) is 0 Å². The highest BCUT2D eigenvalue weighted by Gasteiger charge is 2.29. The van der Waals surface area contributed by atoms with Gasteiger partial charge >= 0.3 is 0 Å². The third-order valence-corrected chi connectivity index (χ3v) is 6.27. The number of benzene rings is 1. The van der Waals surface area contributed by atoms with Gasteiger partial charge in [-0.1, -0.05) is 13.8 Å². The summed E-state index contributed by atoms with van der Waals surface area (Å²) in [4.78, 5) is 33.9. The molecule has 1 aliphatic rings. The van der Waals surface area contributed by atoms with Crippen LogP contribution in [0.1, 0.15) is 49.5 Å². The van der Waals surface area contributed by atoms with Crippen molar-refractivity contribution in [2.45, 2.75) is 40.2 Å². The van der Waals surface area contributed by atoms with Crippen molar-refractivity contribution in [1.82, 2.24) is 20.1 Å². The van der Waals surface area contributed by atoms with Crippen molar-refractivity contribution in [2.75, 3.05) is 46.9 Å². The van der Waals surface area contributed by atoms with Crippen LogP contribution in [-0.2, 0) is 11.4 Å². The molecule has 2 heterocycles. The Kier molecular flexibility index (Phi) is 9.70. The fourth-order valence-electron chi connectivity index (χ4n) is 4.58. The fraction of sp³-hybridized carbons (Fsp3) is 0.536. The first-order chi connectivity index (χ1) is 17.2. The van der Waals surface area contributed by atoms with E-state index in [0.29, 0.717) is 62.8 Å². The Hall–Kier alpha value is -3.13. The quantitative estimate of drug-likeness (QED) is 0.512. The molecule has 1 N–H and O–H groups in total. The van der Waals surface area contributed by atoms with Gasteiger partial charge in [0.25, 0.3) is 5.91 Å². The lowest BCUT2D eigenvalue weighted by atomic mass is 9.91. The van der Waals surface area contributed by atoms with E-state index in [1.807, 2.05) is 38.1 Å². The Balaban J connectivity index is 1.55. The SMILES string of the molecule is CCOc1cc(C(=O)N2CCC(C(=O)NCC(C)(C)CN(C)C)CC2)ccc1OCc1ccncc1. The number of hydrogen-bond donors (Lipinski definition) is 1. The lowest BCUT2D eigenvalue weighted by Crippen LogP contribution is -2.46. The number of ether oxygens (including phenoxy) is 2. The highest BCUT2D eigenvalue weighted by atomic mass is 16.5. The van der Waals surface area contributed by atoms with Crippen molar-refractivity contribution < 1.29 is 19.1 Å². The van der Waals surface area contributed by atoms with Gasteiger partial charge in [0.1, 0.15) is 6.61 Å². The van der Waals surface area contributed by atoms with Crippen molar-refractivity contribution in [3.8, 4) is 11.5 Å². The molecule has 0 unspecified atom stereocenters. The number of likely N-dealkylation sites (tertiary alicyclic amines) is 1. The molecule has 3 rings (SSSR count). The zero-order chi connectivity index (χ0) is 26.1. The van der Waals surface area contributed by atoms with Gasteiger partial charge < -0.3 is 24.6 Å². The van der Waals surface area contributed by atoms with Gasteiger partial charge in [-0.2, -0.15) is 0 Å². The second-order valence-corrected chi connectivity index (χ2v) is 10.4. The van der Waals surface area contributed by atoms with Crippen molar-refractivity contribution in [1.29, 1.82) is 0 Å². The number of aromatic nitrogens is 1. The molecule has 1 aliphatic heterocycles. The smallest absolute Gasteiger partial charge is 0.253 e. The van der Waals surface area contributed by atoms with Gasteiger partial charge in [-0.15, -0.1) is 0 Å². The van der Waals surface area contributed by atoms with Crippen LogP contribution in [0.5, 0.6) is 11.5 Å². The molecule has 0 saturated carbocycles. The van der Waals surface area contributed by atoms with E-state index in [4.69, 9.17) is 9.47 Å². The van der Waals surface area contributed by atoms with E-state index in [9.17, 15) is 9.59 Å². The molecule has 0 atom stereocenters. The standard InChI is InChI=1S/C28H40N4O4/c1-6-35-25-17-23(7-8-24(25)36-18-21-9-13-29-14-10-21)27(34)32-15-11-22(12-16-32)26(33)30-19-28(2,3)20-31(4)5/h7-10,13-14,17,22H,6,11-12,15-16,18-20H2,1-5H3,(H,30,33). The predicted octanol–water partition coefficient (Wildman–Crippen LogP) is 3.62. The first kappa shape index (κ1) is 27.5. The molecule has 2 aromatic rings. The van der Waals surface area contributed by atoms with Crippen LogP contribution in [0.15, 0.2) is 42.7 Å². The van der Waals surface area contributed by atoms with Gasteiger partial charge in [-0.3, -0.25) is 14.6 Å². The summed E-state index contributed by atoms with van der Waals surface area (Å²) in [5, 5.41) is 3.12. The van der Waals surface area contributed by atoms with E-state index in [0.717, 1.165) is 12.1 Å². The van der Waals surface area contributed by atoms with E-state index in [-0.39, 0.29) is 23.1 Å². The predicted molar refractivity (Wildman–Crippen MR) is 140 cm³/mol. The zero-order valence-electron chi connectivity index (χ0n) is 22.3. The molecule has 0 bridgehead atoms. The summed E-state index contributed by atoms with van der Waals surface area (Å²) in [7, 11) is 4.08. The zero-order valence-corrected chi connectivity index (χ0v) is 22.3. The molecule has 196 valence electrons. The molecule has 1 aromatic carbocycles. The monoisotopic (exact) mass is 496 g/mol. The maximum atomic E-state index is 13.2. The number of piperidine rings is 1. The number of carbonyl (C=O) groups excluding carboxylic acids is 2. The third kappa shape index (κ3) is 7.95. The second-order valence-electron chi connectivity index (χ2n) is 10.4. The van der Waals surface area contributed by atoms with Gasteiger partial charge in [0.15, 0.2) is 11.5 Å². The lowest BCUT2D eigenvalue weighted by molar-refractivity contribution is -0.126. The van der Waals surface area contributed by atoms with Crippen LogP contribution < -0.4 is 14.8 Å².